The number of aliphatic hydroxyl groups excluding tert-OH is 1. The van der Waals surface area contributed by atoms with Crippen molar-refractivity contribution in [3.63, 3.8) is 0 Å². The van der Waals surface area contributed by atoms with Gasteiger partial charge in [0.25, 0.3) is 0 Å². The molecule has 0 fully saturated rings. The lowest BCUT2D eigenvalue weighted by atomic mass is 10.1. The van der Waals surface area contributed by atoms with Crippen LogP contribution in [0.2, 0.25) is 0 Å². The number of aliphatic hydroxyl groups is 1. The Bertz CT molecular complexity index is 569. The van der Waals surface area contributed by atoms with Crippen LogP contribution >= 0.6 is 11.3 Å². The zero-order chi connectivity index (χ0) is 15.1. The molecule has 0 aliphatic rings. The molecule has 0 bridgehead atoms. The highest BCUT2D eigenvalue weighted by molar-refractivity contribution is 7.09. The Kier molecular flexibility index (Phi) is 5.90. The number of carbonyl (C=O) groups is 1. The SMILES string of the molecule is CCc1nc(CCNC(=O)CC(O)c2ccccc2)cs1. The second-order valence-electron chi connectivity index (χ2n) is 4.82. The Balaban J connectivity index is 1.72. The maximum atomic E-state index is 11.8. The highest BCUT2D eigenvalue weighted by atomic mass is 32.1. The van der Waals surface area contributed by atoms with Crippen LogP contribution in [-0.4, -0.2) is 22.5 Å². The van der Waals surface area contributed by atoms with Crippen LogP contribution in [0.25, 0.3) is 0 Å². The minimum Gasteiger partial charge on any atom is -0.388 e. The summed E-state index contributed by atoms with van der Waals surface area (Å²) in [7, 11) is 0. The van der Waals surface area contributed by atoms with Crippen LogP contribution in [0.4, 0.5) is 0 Å². The van der Waals surface area contributed by atoms with Gasteiger partial charge < -0.3 is 10.4 Å². The molecule has 1 aromatic carbocycles. The Labute approximate surface area is 128 Å². The fourth-order valence-electron chi connectivity index (χ4n) is 2.00. The van der Waals surface area contributed by atoms with E-state index in [4.69, 9.17) is 0 Å². The first kappa shape index (κ1) is 15.7. The summed E-state index contributed by atoms with van der Waals surface area (Å²) in [5, 5.41) is 15.9. The van der Waals surface area contributed by atoms with E-state index < -0.39 is 6.10 Å². The van der Waals surface area contributed by atoms with Crippen molar-refractivity contribution in [1.29, 1.82) is 0 Å². The van der Waals surface area contributed by atoms with E-state index in [1.807, 2.05) is 35.7 Å². The molecule has 0 saturated heterocycles. The average molecular weight is 304 g/mol. The van der Waals surface area contributed by atoms with E-state index in [1.165, 1.54) is 0 Å². The molecular weight excluding hydrogens is 284 g/mol. The fourth-order valence-corrected chi connectivity index (χ4v) is 2.78. The highest BCUT2D eigenvalue weighted by Gasteiger charge is 2.12. The number of thiazole rings is 1. The lowest BCUT2D eigenvalue weighted by Gasteiger charge is -2.10. The van der Waals surface area contributed by atoms with Crippen molar-refractivity contribution >= 4 is 17.2 Å². The summed E-state index contributed by atoms with van der Waals surface area (Å²) in [6, 6.07) is 9.22. The molecule has 5 heteroatoms. The molecule has 0 spiro atoms. The van der Waals surface area contributed by atoms with Crippen LogP contribution in [0, 0.1) is 0 Å². The third-order valence-electron chi connectivity index (χ3n) is 3.17. The Hall–Kier alpha value is -1.72. The van der Waals surface area contributed by atoms with Gasteiger partial charge in [-0.2, -0.15) is 0 Å². The molecule has 1 atom stereocenters. The predicted molar refractivity (Wildman–Crippen MR) is 84.2 cm³/mol. The van der Waals surface area contributed by atoms with E-state index >= 15 is 0 Å². The fraction of sp³-hybridized carbons (Fsp3) is 0.375. The normalized spacial score (nSPS) is 12.1. The van der Waals surface area contributed by atoms with Crippen LogP contribution in [-0.2, 0) is 17.6 Å². The third kappa shape index (κ3) is 4.95. The van der Waals surface area contributed by atoms with Gasteiger partial charge in [0, 0.05) is 18.3 Å². The molecule has 4 nitrogen and oxygen atoms in total. The number of carbonyl (C=O) groups excluding carboxylic acids is 1. The zero-order valence-electron chi connectivity index (χ0n) is 12.1. The monoisotopic (exact) mass is 304 g/mol. The van der Waals surface area contributed by atoms with Gasteiger partial charge in [-0.05, 0) is 12.0 Å². The summed E-state index contributed by atoms with van der Waals surface area (Å²) in [6.07, 6.45) is 1.00. The number of nitrogens with zero attached hydrogens (tertiary/aromatic N) is 1. The molecule has 2 N–H and O–H groups in total. The largest absolute Gasteiger partial charge is 0.388 e. The van der Waals surface area contributed by atoms with Crippen LogP contribution in [0.5, 0.6) is 0 Å². The molecule has 0 aliphatic heterocycles. The van der Waals surface area contributed by atoms with Gasteiger partial charge in [0.1, 0.15) is 0 Å². The molecule has 2 aromatic rings. The minimum atomic E-state index is -0.753. The Morgan fingerprint density at radius 1 is 1.38 bits per heavy atom. The molecule has 0 radical (unpaired) electrons. The van der Waals surface area contributed by atoms with Crippen molar-refractivity contribution in [2.75, 3.05) is 6.54 Å². The number of hydrogen-bond donors (Lipinski definition) is 2. The highest BCUT2D eigenvalue weighted by Crippen LogP contribution is 2.15. The van der Waals surface area contributed by atoms with Crippen molar-refractivity contribution in [3.8, 4) is 0 Å². The molecule has 1 unspecified atom stereocenters. The smallest absolute Gasteiger partial charge is 0.222 e. The van der Waals surface area contributed by atoms with Gasteiger partial charge in [0.15, 0.2) is 0 Å². The van der Waals surface area contributed by atoms with Gasteiger partial charge in [-0.3, -0.25) is 4.79 Å². The predicted octanol–water partition coefficient (Wildman–Crippen LogP) is 2.49. The average Bonchev–Trinajstić information content (AvgIpc) is 2.96. The lowest BCUT2D eigenvalue weighted by molar-refractivity contribution is -0.123. The Morgan fingerprint density at radius 2 is 2.14 bits per heavy atom. The molecule has 0 saturated carbocycles. The molecule has 0 aliphatic carbocycles. The van der Waals surface area contributed by atoms with Crippen LogP contribution in [0.15, 0.2) is 35.7 Å². The van der Waals surface area contributed by atoms with Crippen molar-refractivity contribution in [2.45, 2.75) is 32.3 Å². The number of benzene rings is 1. The molecule has 1 aromatic heterocycles. The van der Waals surface area contributed by atoms with E-state index in [9.17, 15) is 9.90 Å². The maximum Gasteiger partial charge on any atom is 0.222 e. The minimum absolute atomic E-state index is 0.0846. The van der Waals surface area contributed by atoms with Crippen molar-refractivity contribution in [3.05, 3.63) is 52.0 Å². The quantitative estimate of drug-likeness (QED) is 0.826. The van der Waals surface area contributed by atoms with Crippen molar-refractivity contribution < 1.29 is 9.90 Å². The van der Waals surface area contributed by atoms with Crippen molar-refractivity contribution in [1.82, 2.24) is 10.3 Å². The van der Waals surface area contributed by atoms with Gasteiger partial charge in [-0.1, -0.05) is 37.3 Å². The number of aromatic nitrogens is 1. The van der Waals surface area contributed by atoms with Crippen LogP contribution in [0.3, 0.4) is 0 Å². The molecule has 1 heterocycles. The maximum absolute atomic E-state index is 11.8. The molecule has 112 valence electrons. The second-order valence-corrected chi connectivity index (χ2v) is 5.76. The van der Waals surface area contributed by atoms with Crippen molar-refractivity contribution in [2.24, 2.45) is 0 Å². The molecule has 2 rings (SSSR count). The lowest BCUT2D eigenvalue weighted by Crippen LogP contribution is -2.27. The Morgan fingerprint density at radius 3 is 2.81 bits per heavy atom. The summed E-state index contributed by atoms with van der Waals surface area (Å²) in [4.78, 5) is 16.2. The number of rotatable bonds is 7. The molecule has 21 heavy (non-hydrogen) atoms. The summed E-state index contributed by atoms with van der Waals surface area (Å²) in [5.74, 6) is -0.141. The van der Waals surface area contributed by atoms with Gasteiger partial charge in [-0.15, -0.1) is 11.3 Å². The second kappa shape index (κ2) is 7.90. The molecule has 1 amide bonds. The van der Waals surface area contributed by atoms with Crippen LogP contribution < -0.4 is 5.32 Å². The van der Waals surface area contributed by atoms with E-state index in [2.05, 4.69) is 17.2 Å². The number of aryl methyl sites for hydroxylation is 1. The summed E-state index contributed by atoms with van der Waals surface area (Å²) >= 11 is 1.65. The topological polar surface area (TPSA) is 62.2 Å². The van der Waals surface area contributed by atoms with Gasteiger partial charge in [0.2, 0.25) is 5.91 Å². The summed E-state index contributed by atoms with van der Waals surface area (Å²) < 4.78 is 0. The number of amides is 1. The first-order valence-electron chi connectivity index (χ1n) is 7.12. The van der Waals surface area contributed by atoms with E-state index in [-0.39, 0.29) is 12.3 Å². The number of hydrogen-bond acceptors (Lipinski definition) is 4. The standard InChI is InChI=1S/C16H20N2O2S/c1-2-16-18-13(11-21-16)8-9-17-15(20)10-14(19)12-6-4-3-5-7-12/h3-7,11,14,19H,2,8-10H2,1H3,(H,17,20). The van der Waals surface area contributed by atoms with E-state index in [1.54, 1.807) is 11.3 Å². The first-order valence-corrected chi connectivity index (χ1v) is 8.00. The summed E-state index contributed by atoms with van der Waals surface area (Å²) in [5.41, 5.74) is 1.78. The molecular formula is C16H20N2O2S. The van der Waals surface area contributed by atoms with Crippen LogP contribution in [0.1, 0.15) is 35.7 Å². The third-order valence-corrected chi connectivity index (χ3v) is 4.21. The van der Waals surface area contributed by atoms with E-state index in [0.29, 0.717) is 6.54 Å². The van der Waals surface area contributed by atoms with Gasteiger partial charge >= 0.3 is 0 Å². The summed E-state index contributed by atoms with van der Waals surface area (Å²) in [6.45, 7) is 2.63. The van der Waals surface area contributed by atoms with Gasteiger partial charge in [0.05, 0.1) is 23.2 Å². The van der Waals surface area contributed by atoms with E-state index in [0.717, 1.165) is 29.1 Å². The first-order chi connectivity index (χ1) is 10.2. The zero-order valence-corrected chi connectivity index (χ0v) is 12.9. The number of nitrogens with one attached hydrogen (secondary N) is 1. The van der Waals surface area contributed by atoms with Gasteiger partial charge in [-0.25, -0.2) is 4.98 Å².